The van der Waals surface area contributed by atoms with E-state index in [1.54, 1.807) is 0 Å². The maximum absolute atomic E-state index is 4.18. The van der Waals surface area contributed by atoms with Gasteiger partial charge in [0, 0.05) is 18.3 Å². The number of fused-ring (bicyclic) bond motifs is 1. The van der Waals surface area contributed by atoms with Crippen LogP contribution in [0.2, 0.25) is 0 Å². The summed E-state index contributed by atoms with van der Waals surface area (Å²) in [4.78, 5) is 0. The van der Waals surface area contributed by atoms with Crippen molar-refractivity contribution in [3.63, 3.8) is 0 Å². The number of thioether (sulfide) groups is 1. The molecular weight excluding hydrogens is 759 g/mol. The smallest absolute Gasteiger partial charge is 0.0357 e. The average Bonchev–Trinajstić information content (AvgIpc) is 3.26. The average molecular weight is 861 g/mol. The lowest BCUT2D eigenvalue weighted by Crippen LogP contribution is -2.26. The molecule has 61 heavy (non-hydrogen) atoms. The highest BCUT2D eigenvalue weighted by atomic mass is 32.2. The molecule has 3 aromatic rings. The first-order chi connectivity index (χ1) is 29.3. The summed E-state index contributed by atoms with van der Waals surface area (Å²) < 4.78 is 0. The number of nitrogens with one attached hydrogen (secondary N) is 3. The molecule has 4 heteroatoms. The van der Waals surface area contributed by atoms with Crippen LogP contribution < -0.4 is 16.0 Å². The molecule has 0 aliphatic heterocycles. The molecule has 1 unspecified atom stereocenters. The van der Waals surface area contributed by atoms with Gasteiger partial charge < -0.3 is 16.0 Å². The number of hydrogen-bond acceptors (Lipinski definition) is 4. The Morgan fingerprint density at radius 3 is 1.82 bits per heavy atom. The minimum atomic E-state index is 0.263. The van der Waals surface area contributed by atoms with Crippen LogP contribution in [0.3, 0.4) is 0 Å². The molecule has 3 N–H and O–H groups in total. The second-order valence-corrected chi connectivity index (χ2v) is 16.1. The molecule has 3 aromatic carbocycles. The Labute approximate surface area is 386 Å². The molecule has 0 saturated heterocycles. The highest BCUT2D eigenvalue weighted by Crippen LogP contribution is 2.29. The predicted octanol–water partition coefficient (Wildman–Crippen LogP) is 17.9. The molecule has 0 radical (unpaired) electrons. The van der Waals surface area contributed by atoms with Gasteiger partial charge in [-0.3, -0.25) is 0 Å². The van der Waals surface area contributed by atoms with Gasteiger partial charge in [-0.1, -0.05) is 172 Å². The first kappa shape index (κ1) is 66.8. The van der Waals surface area contributed by atoms with Gasteiger partial charge in [0.15, 0.2) is 0 Å². The first-order valence-corrected chi connectivity index (χ1v) is 25.0. The van der Waals surface area contributed by atoms with Crippen LogP contribution >= 0.6 is 11.8 Å². The minimum Gasteiger partial charge on any atom is -0.389 e. The third-order valence-corrected chi connectivity index (χ3v) is 8.82. The van der Waals surface area contributed by atoms with Crippen molar-refractivity contribution in [1.82, 2.24) is 16.0 Å². The lowest BCUT2D eigenvalue weighted by Gasteiger charge is -2.21. The Morgan fingerprint density at radius 1 is 0.738 bits per heavy atom. The zero-order valence-corrected chi connectivity index (χ0v) is 44.4. The first-order valence-electron chi connectivity index (χ1n) is 23.6. The molecule has 0 heterocycles. The van der Waals surface area contributed by atoms with Gasteiger partial charge >= 0.3 is 0 Å². The van der Waals surface area contributed by atoms with E-state index in [9.17, 15) is 0 Å². The van der Waals surface area contributed by atoms with Crippen LogP contribution in [0.5, 0.6) is 0 Å². The summed E-state index contributed by atoms with van der Waals surface area (Å²) in [7, 11) is 1.99. The molecule has 0 aliphatic carbocycles. The van der Waals surface area contributed by atoms with Gasteiger partial charge in [0.05, 0.1) is 0 Å². The monoisotopic (exact) mass is 860 g/mol. The van der Waals surface area contributed by atoms with Crippen LogP contribution in [-0.4, -0.2) is 38.7 Å². The highest BCUT2D eigenvalue weighted by molar-refractivity contribution is 7.98. The molecule has 0 aliphatic rings. The van der Waals surface area contributed by atoms with Crippen LogP contribution in [0.15, 0.2) is 122 Å². The fraction of sp³-hybridized carbons (Fsp3) is 0.544. The van der Waals surface area contributed by atoms with Crippen LogP contribution in [0.4, 0.5) is 0 Å². The number of rotatable bonds is 19. The molecule has 0 bridgehead atoms. The Bertz CT molecular complexity index is 1490. The van der Waals surface area contributed by atoms with E-state index >= 15 is 0 Å². The number of allylic oxidation sites excluding steroid dienone is 5. The maximum atomic E-state index is 4.18. The Hall–Kier alpha value is -3.31. The van der Waals surface area contributed by atoms with Crippen molar-refractivity contribution >= 4 is 22.5 Å². The van der Waals surface area contributed by atoms with E-state index in [2.05, 4.69) is 191 Å². The second kappa shape index (κ2) is 49.3. The van der Waals surface area contributed by atoms with E-state index in [-0.39, 0.29) is 6.04 Å². The standard InChI is InChI=1S/C31H41N3.C8H14.C6H14S.C4H10.3C2H6.C2H4/c1-23(2)19-31(34-18-8-17-33-25(4)9-7-16-32-5)30-11-6-10-26(22-30)29-15-14-27-20-24(3)12-13-28(27)21-29;1-5-8(4)6-7(2)3;1-3-4-5-6-7-2;1-4(2)3;4*1-2/h6,10-15,20-22,31-34H,1,4,7-9,16-19H2,2-3,5H3;5-6H,1-4H3;3-6H2,1-2H3;4H,1-3H3;3*1-2H3;1-2H2/b;8-5-;;;;;;. The molecule has 3 nitrogen and oxygen atoms in total. The van der Waals surface area contributed by atoms with Gasteiger partial charge in [-0.15, -0.1) is 19.7 Å². The van der Waals surface area contributed by atoms with E-state index in [0.717, 1.165) is 56.9 Å². The van der Waals surface area contributed by atoms with E-state index in [1.165, 1.54) is 74.8 Å². The van der Waals surface area contributed by atoms with Gasteiger partial charge in [-0.2, -0.15) is 11.8 Å². The normalized spacial score (nSPS) is 10.2. The van der Waals surface area contributed by atoms with Crippen LogP contribution in [0.1, 0.15) is 166 Å². The molecule has 3 rings (SSSR count). The Morgan fingerprint density at radius 2 is 1.31 bits per heavy atom. The Kier molecular flexibility index (Phi) is 54.0. The summed E-state index contributed by atoms with van der Waals surface area (Å²) in [6, 6.07) is 22.6. The molecule has 350 valence electrons. The molecular formula is C57H101N3S. The lowest BCUT2D eigenvalue weighted by atomic mass is 9.95. The summed E-state index contributed by atoms with van der Waals surface area (Å²) in [5.41, 5.74) is 10.2. The van der Waals surface area contributed by atoms with Crippen LogP contribution in [-0.2, 0) is 0 Å². The third kappa shape index (κ3) is 41.8. The molecule has 0 aromatic heterocycles. The fourth-order valence-electron chi connectivity index (χ4n) is 5.37. The van der Waals surface area contributed by atoms with E-state index < -0.39 is 0 Å². The van der Waals surface area contributed by atoms with Crippen LogP contribution in [0, 0.1) is 12.8 Å². The summed E-state index contributed by atoms with van der Waals surface area (Å²) in [5.74, 6) is 2.17. The summed E-state index contributed by atoms with van der Waals surface area (Å²) in [6.07, 6.45) is 14.7. The van der Waals surface area contributed by atoms with E-state index in [1.807, 2.05) is 60.4 Å². The zero-order chi connectivity index (χ0) is 48.0. The van der Waals surface area contributed by atoms with Crippen molar-refractivity contribution in [3.8, 4) is 11.1 Å². The van der Waals surface area contributed by atoms with Crippen molar-refractivity contribution in [2.75, 3.05) is 38.7 Å². The van der Waals surface area contributed by atoms with E-state index in [0.29, 0.717) is 0 Å². The lowest BCUT2D eigenvalue weighted by molar-refractivity contribution is 0.513. The summed E-state index contributed by atoms with van der Waals surface area (Å²) in [6.45, 7) is 50.6. The second-order valence-electron chi connectivity index (χ2n) is 15.1. The van der Waals surface area contributed by atoms with E-state index in [4.69, 9.17) is 0 Å². The number of benzene rings is 3. The van der Waals surface area contributed by atoms with Crippen molar-refractivity contribution < 1.29 is 0 Å². The van der Waals surface area contributed by atoms with Gasteiger partial charge in [0.2, 0.25) is 0 Å². The SMILES string of the molecule is C/C=C(/C)C=C(C)C.C=C.C=C(C)CC(NCCCNC(=C)CCCNC)c1cccc(-c2ccc3cc(C)ccc3c2)c1.CC.CC.CC.CC(C)C.CCCCCSC. The third-order valence-electron chi connectivity index (χ3n) is 8.12. The molecule has 0 fully saturated rings. The predicted molar refractivity (Wildman–Crippen MR) is 292 cm³/mol. The Balaban J connectivity index is -0.000000317. The van der Waals surface area contributed by atoms with Crippen molar-refractivity contribution in [2.24, 2.45) is 5.92 Å². The molecule has 0 amide bonds. The van der Waals surface area contributed by atoms with Crippen molar-refractivity contribution in [2.45, 2.75) is 162 Å². The summed E-state index contributed by atoms with van der Waals surface area (Å²) in [5, 5.41) is 13.0. The van der Waals surface area contributed by atoms with Gasteiger partial charge in [-0.25, -0.2) is 0 Å². The number of unbranched alkanes of at least 4 members (excludes halogenated alkanes) is 2. The molecule has 0 saturated carbocycles. The fourth-order valence-corrected chi connectivity index (χ4v) is 5.86. The molecule has 0 spiro atoms. The number of hydrogen-bond donors (Lipinski definition) is 3. The van der Waals surface area contributed by atoms with Crippen molar-refractivity contribution in [3.05, 3.63) is 133 Å². The topological polar surface area (TPSA) is 36.1 Å². The minimum absolute atomic E-state index is 0.263. The van der Waals surface area contributed by atoms with Gasteiger partial charge in [0.25, 0.3) is 0 Å². The maximum Gasteiger partial charge on any atom is 0.0357 e. The van der Waals surface area contributed by atoms with Crippen LogP contribution in [0.25, 0.3) is 21.9 Å². The van der Waals surface area contributed by atoms with Crippen molar-refractivity contribution in [1.29, 1.82) is 0 Å². The highest BCUT2D eigenvalue weighted by Gasteiger charge is 2.12. The van der Waals surface area contributed by atoms with Gasteiger partial charge in [0.1, 0.15) is 0 Å². The molecule has 1 atom stereocenters. The largest absolute Gasteiger partial charge is 0.389 e. The number of aryl methyl sites for hydroxylation is 1. The van der Waals surface area contributed by atoms with Gasteiger partial charge in [-0.05, 0) is 151 Å². The summed E-state index contributed by atoms with van der Waals surface area (Å²) >= 11 is 1.94. The quantitative estimate of drug-likeness (QED) is 0.0638. The zero-order valence-electron chi connectivity index (χ0n) is 43.6.